The van der Waals surface area contributed by atoms with E-state index in [0.29, 0.717) is 11.5 Å². The van der Waals surface area contributed by atoms with Crippen LogP contribution in [0.3, 0.4) is 0 Å². The quantitative estimate of drug-likeness (QED) is 0.504. The number of rotatable bonds is 3. The number of fused-ring (bicyclic) bond motifs is 1. The van der Waals surface area contributed by atoms with Gasteiger partial charge in [0.25, 0.3) is 0 Å². The number of anilines is 1. The number of H-pyrrole nitrogens is 1. The minimum absolute atomic E-state index is 0.239. The predicted octanol–water partition coefficient (Wildman–Crippen LogP) is 3.02. The van der Waals surface area contributed by atoms with Crippen molar-refractivity contribution >= 4 is 23.2 Å². The molecule has 0 spiro atoms. The smallest absolute Gasteiger partial charge is 0.222 e. The summed E-state index contributed by atoms with van der Waals surface area (Å²) < 4.78 is 0. The van der Waals surface area contributed by atoms with Gasteiger partial charge in [-0.15, -0.1) is 0 Å². The molecule has 0 aliphatic rings. The number of phenols is 1. The Bertz CT molecular complexity index is 743. The van der Waals surface area contributed by atoms with Gasteiger partial charge >= 0.3 is 0 Å². The van der Waals surface area contributed by atoms with Gasteiger partial charge in [0.1, 0.15) is 5.75 Å². The first-order valence-corrected chi connectivity index (χ1v) is 6.26. The SMILES string of the molecule is Cc1cccc(/C=N/Nc2nc3ccccc3[nH]2)c1O. The number of hydrogen-bond donors (Lipinski definition) is 3. The molecule has 2 aromatic carbocycles. The lowest BCUT2D eigenvalue weighted by Gasteiger charge is -2.01. The van der Waals surface area contributed by atoms with E-state index >= 15 is 0 Å². The number of phenolic OH excluding ortho intramolecular Hbond substituents is 1. The molecule has 100 valence electrons. The van der Waals surface area contributed by atoms with E-state index in [9.17, 15) is 5.11 Å². The van der Waals surface area contributed by atoms with E-state index in [1.165, 1.54) is 0 Å². The van der Waals surface area contributed by atoms with Crippen molar-refractivity contribution in [2.45, 2.75) is 6.92 Å². The van der Waals surface area contributed by atoms with E-state index in [0.717, 1.165) is 16.6 Å². The van der Waals surface area contributed by atoms with Gasteiger partial charge in [-0.3, -0.25) is 0 Å². The van der Waals surface area contributed by atoms with Crippen LogP contribution in [0, 0.1) is 6.92 Å². The zero-order valence-electron chi connectivity index (χ0n) is 11.0. The molecule has 0 radical (unpaired) electrons. The van der Waals surface area contributed by atoms with Crippen LogP contribution in [0.15, 0.2) is 47.6 Å². The number of nitrogens with zero attached hydrogens (tertiary/aromatic N) is 2. The fraction of sp³-hybridized carbons (Fsp3) is 0.0667. The number of benzene rings is 2. The lowest BCUT2D eigenvalue weighted by molar-refractivity contribution is 0.470. The second-order valence-electron chi connectivity index (χ2n) is 4.49. The van der Waals surface area contributed by atoms with Crippen molar-refractivity contribution in [1.82, 2.24) is 9.97 Å². The van der Waals surface area contributed by atoms with Crippen LogP contribution in [-0.2, 0) is 0 Å². The van der Waals surface area contributed by atoms with E-state index in [4.69, 9.17) is 0 Å². The lowest BCUT2D eigenvalue weighted by atomic mass is 10.1. The highest BCUT2D eigenvalue weighted by atomic mass is 16.3. The van der Waals surface area contributed by atoms with Crippen molar-refractivity contribution in [2.75, 3.05) is 5.43 Å². The fourth-order valence-electron chi connectivity index (χ4n) is 1.95. The number of imidazole rings is 1. The summed E-state index contributed by atoms with van der Waals surface area (Å²) in [7, 11) is 0. The molecule has 0 amide bonds. The highest BCUT2D eigenvalue weighted by molar-refractivity contribution is 5.84. The zero-order chi connectivity index (χ0) is 13.9. The molecular formula is C15H14N4O. The van der Waals surface area contributed by atoms with Crippen molar-refractivity contribution < 1.29 is 5.11 Å². The summed E-state index contributed by atoms with van der Waals surface area (Å²) in [4.78, 5) is 7.45. The largest absolute Gasteiger partial charge is 0.507 e. The fourth-order valence-corrected chi connectivity index (χ4v) is 1.95. The number of para-hydroxylation sites is 3. The Labute approximate surface area is 116 Å². The molecule has 20 heavy (non-hydrogen) atoms. The van der Waals surface area contributed by atoms with Gasteiger partial charge in [0.05, 0.1) is 17.2 Å². The highest BCUT2D eigenvalue weighted by Gasteiger charge is 2.01. The first-order valence-electron chi connectivity index (χ1n) is 6.26. The van der Waals surface area contributed by atoms with E-state index < -0.39 is 0 Å². The Morgan fingerprint density at radius 2 is 2.05 bits per heavy atom. The van der Waals surface area contributed by atoms with Crippen LogP contribution in [0.5, 0.6) is 5.75 Å². The third kappa shape index (κ3) is 2.33. The second kappa shape index (κ2) is 5.05. The number of aryl methyl sites for hydroxylation is 1. The Kier molecular flexibility index (Phi) is 3.09. The van der Waals surface area contributed by atoms with Gasteiger partial charge in [0, 0.05) is 5.56 Å². The lowest BCUT2D eigenvalue weighted by Crippen LogP contribution is -1.93. The maximum atomic E-state index is 9.87. The minimum atomic E-state index is 0.239. The highest BCUT2D eigenvalue weighted by Crippen LogP contribution is 2.19. The van der Waals surface area contributed by atoms with Gasteiger partial charge in [0.2, 0.25) is 5.95 Å². The first kappa shape index (κ1) is 12.2. The molecule has 1 aromatic heterocycles. The molecule has 5 heteroatoms. The molecule has 5 nitrogen and oxygen atoms in total. The van der Waals surface area contributed by atoms with E-state index in [-0.39, 0.29) is 5.75 Å². The van der Waals surface area contributed by atoms with Crippen molar-refractivity contribution in [2.24, 2.45) is 5.10 Å². The summed E-state index contributed by atoms with van der Waals surface area (Å²) in [5, 5.41) is 13.9. The molecule has 0 aliphatic carbocycles. The standard InChI is InChI=1S/C15H14N4O/c1-10-5-4-6-11(14(10)20)9-16-19-15-17-12-7-2-3-8-13(12)18-15/h2-9,20H,1H3,(H2,17,18,19)/b16-9+. The number of aromatic amines is 1. The summed E-state index contributed by atoms with van der Waals surface area (Å²) in [5.41, 5.74) is 6.13. The maximum Gasteiger partial charge on any atom is 0.222 e. The van der Waals surface area contributed by atoms with Crippen molar-refractivity contribution in [1.29, 1.82) is 0 Å². The van der Waals surface area contributed by atoms with E-state index in [1.54, 1.807) is 12.3 Å². The summed E-state index contributed by atoms with van der Waals surface area (Å²) in [6, 6.07) is 13.3. The van der Waals surface area contributed by atoms with Gasteiger partial charge < -0.3 is 10.1 Å². The molecule has 3 aromatic rings. The Hall–Kier alpha value is -2.82. The van der Waals surface area contributed by atoms with Crippen molar-refractivity contribution in [3.63, 3.8) is 0 Å². The monoisotopic (exact) mass is 266 g/mol. The number of hydrogen-bond acceptors (Lipinski definition) is 4. The molecular weight excluding hydrogens is 252 g/mol. The number of hydrazone groups is 1. The second-order valence-corrected chi connectivity index (χ2v) is 4.49. The molecule has 0 fully saturated rings. The van der Waals surface area contributed by atoms with Crippen molar-refractivity contribution in [3.05, 3.63) is 53.6 Å². The number of aromatic hydroxyl groups is 1. The molecule has 0 aliphatic heterocycles. The number of nitrogens with one attached hydrogen (secondary N) is 2. The molecule has 0 bridgehead atoms. The predicted molar refractivity (Wildman–Crippen MR) is 80.2 cm³/mol. The summed E-state index contributed by atoms with van der Waals surface area (Å²) in [6.45, 7) is 1.85. The van der Waals surface area contributed by atoms with Gasteiger partial charge in [0.15, 0.2) is 0 Å². The van der Waals surface area contributed by atoms with Gasteiger partial charge in [-0.05, 0) is 30.7 Å². The van der Waals surface area contributed by atoms with Gasteiger partial charge in [-0.1, -0.05) is 24.3 Å². The normalized spacial score (nSPS) is 11.2. The van der Waals surface area contributed by atoms with E-state index in [2.05, 4.69) is 20.5 Å². The van der Waals surface area contributed by atoms with Crippen LogP contribution in [0.25, 0.3) is 11.0 Å². The van der Waals surface area contributed by atoms with Crippen LogP contribution in [-0.4, -0.2) is 21.3 Å². The van der Waals surface area contributed by atoms with Crippen LogP contribution in [0.4, 0.5) is 5.95 Å². The average Bonchev–Trinajstić information content (AvgIpc) is 2.86. The van der Waals surface area contributed by atoms with Gasteiger partial charge in [-0.2, -0.15) is 5.10 Å². The van der Waals surface area contributed by atoms with Crippen LogP contribution >= 0.6 is 0 Å². The average molecular weight is 266 g/mol. The summed E-state index contributed by atoms with van der Waals surface area (Å²) in [5.74, 6) is 0.803. The molecule has 0 saturated heterocycles. The molecule has 3 rings (SSSR count). The molecule has 0 atom stereocenters. The van der Waals surface area contributed by atoms with Gasteiger partial charge in [-0.25, -0.2) is 10.4 Å². The molecule has 0 saturated carbocycles. The molecule has 3 N–H and O–H groups in total. The Balaban J connectivity index is 1.78. The van der Waals surface area contributed by atoms with Crippen LogP contribution < -0.4 is 5.43 Å². The van der Waals surface area contributed by atoms with E-state index in [1.807, 2.05) is 43.3 Å². The number of aromatic nitrogens is 2. The molecule has 0 unspecified atom stereocenters. The zero-order valence-corrected chi connectivity index (χ0v) is 11.0. The Morgan fingerprint density at radius 1 is 1.20 bits per heavy atom. The summed E-state index contributed by atoms with van der Waals surface area (Å²) in [6.07, 6.45) is 1.56. The minimum Gasteiger partial charge on any atom is -0.507 e. The molecule has 1 heterocycles. The summed E-state index contributed by atoms with van der Waals surface area (Å²) >= 11 is 0. The Morgan fingerprint density at radius 3 is 2.90 bits per heavy atom. The van der Waals surface area contributed by atoms with Crippen LogP contribution in [0.1, 0.15) is 11.1 Å². The van der Waals surface area contributed by atoms with Crippen molar-refractivity contribution in [3.8, 4) is 5.75 Å². The third-order valence-corrected chi connectivity index (χ3v) is 3.03. The first-order chi connectivity index (χ1) is 9.74. The third-order valence-electron chi connectivity index (χ3n) is 3.03. The maximum absolute atomic E-state index is 9.87. The van der Waals surface area contributed by atoms with Crippen LogP contribution in [0.2, 0.25) is 0 Å². The topological polar surface area (TPSA) is 73.3 Å².